The summed E-state index contributed by atoms with van der Waals surface area (Å²) in [5.41, 5.74) is 2.74. The second kappa shape index (κ2) is 9.17. The number of nitrogens with zero attached hydrogens (tertiary/aromatic N) is 4. The number of hydrogen-bond donors (Lipinski definition) is 2. The van der Waals surface area contributed by atoms with Gasteiger partial charge in [-0.25, -0.2) is 4.68 Å². The van der Waals surface area contributed by atoms with Gasteiger partial charge in [0.25, 0.3) is 5.91 Å². The van der Waals surface area contributed by atoms with Gasteiger partial charge in [-0.3, -0.25) is 4.79 Å². The average Bonchev–Trinajstić information content (AvgIpc) is 3.26. The maximum Gasteiger partial charge on any atom is 0.259 e. The topological polar surface area (TPSA) is 103 Å². The van der Waals surface area contributed by atoms with Crippen LogP contribution in [0.5, 0.6) is 11.5 Å². The van der Waals surface area contributed by atoms with Crippen LogP contribution in [0.4, 0.5) is 17.2 Å². The molecule has 0 unspecified atom stereocenters. The first kappa shape index (κ1) is 20.9. The number of carbonyl (C=O) groups is 1. The summed E-state index contributed by atoms with van der Waals surface area (Å²) >= 11 is 0. The number of para-hydroxylation sites is 1. The smallest absolute Gasteiger partial charge is 0.259 e. The van der Waals surface area contributed by atoms with Gasteiger partial charge in [0, 0.05) is 17.6 Å². The fourth-order valence-corrected chi connectivity index (χ4v) is 3.11. The summed E-state index contributed by atoms with van der Waals surface area (Å²) in [4.78, 5) is 12.7. The van der Waals surface area contributed by atoms with Crippen LogP contribution in [0.1, 0.15) is 16.1 Å². The van der Waals surface area contributed by atoms with Crippen molar-refractivity contribution < 1.29 is 14.3 Å². The molecule has 2 aromatic heterocycles. The Morgan fingerprint density at radius 3 is 2.31 bits per heavy atom. The van der Waals surface area contributed by atoms with Crippen LogP contribution in [-0.2, 0) is 0 Å². The number of carbonyl (C=O) groups excluding carboxylic acids is 1. The van der Waals surface area contributed by atoms with Crippen molar-refractivity contribution in [2.24, 2.45) is 0 Å². The van der Waals surface area contributed by atoms with Crippen molar-refractivity contribution in [1.29, 1.82) is 0 Å². The Kier molecular flexibility index (Phi) is 5.98. The SMILES string of the molecule is COc1cccc(C(=O)Nc2ccc(Nc3ccc(-n4ccc(C)n4)nn3)cc2)c1OC. The maximum absolute atomic E-state index is 12.7. The van der Waals surface area contributed by atoms with Gasteiger partial charge in [-0.1, -0.05) is 6.07 Å². The molecule has 0 spiro atoms. The van der Waals surface area contributed by atoms with E-state index in [4.69, 9.17) is 9.47 Å². The zero-order chi connectivity index (χ0) is 22.5. The molecule has 0 saturated heterocycles. The third-order valence-electron chi connectivity index (χ3n) is 4.67. The van der Waals surface area contributed by atoms with Gasteiger partial charge >= 0.3 is 0 Å². The number of anilines is 3. The molecule has 0 aliphatic heterocycles. The molecule has 2 aromatic carbocycles. The first-order valence-corrected chi connectivity index (χ1v) is 9.83. The van der Waals surface area contributed by atoms with Crippen molar-refractivity contribution in [3.63, 3.8) is 0 Å². The molecular formula is C23H22N6O3. The number of rotatable bonds is 7. The second-order valence-electron chi connectivity index (χ2n) is 6.88. The minimum atomic E-state index is -0.295. The van der Waals surface area contributed by atoms with E-state index in [0.29, 0.717) is 34.4 Å². The highest BCUT2D eigenvalue weighted by Gasteiger charge is 2.16. The number of aryl methyl sites for hydroxylation is 1. The molecule has 162 valence electrons. The van der Waals surface area contributed by atoms with Crippen LogP contribution in [0, 0.1) is 6.92 Å². The molecule has 1 amide bonds. The third-order valence-corrected chi connectivity index (χ3v) is 4.67. The fourth-order valence-electron chi connectivity index (χ4n) is 3.11. The summed E-state index contributed by atoms with van der Waals surface area (Å²) in [6.07, 6.45) is 1.83. The summed E-state index contributed by atoms with van der Waals surface area (Å²) in [5, 5.41) is 18.7. The van der Waals surface area contributed by atoms with Gasteiger partial charge in [0.05, 0.1) is 25.5 Å². The molecular weight excluding hydrogens is 408 g/mol. The van der Waals surface area contributed by atoms with E-state index in [1.807, 2.05) is 43.5 Å². The van der Waals surface area contributed by atoms with Crippen LogP contribution in [0.25, 0.3) is 5.82 Å². The minimum Gasteiger partial charge on any atom is -0.493 e. The minimum absolute atomic E-state index is 0.295. The van der Waals surface area contributed by atoms with E-state index >= 15 is 0 Å². The summed E-state index contributed by atoms with van der Waals surface area (Å²) in [5.74, 6) is 1.81. The third kappa shape index (κ3) is 4.51. The molecule has 4 rings (SSSR count). The van der Waals surface area contributed by atoms with E-state index in [1.165, 1.54) is 14.2 Å². The number of ether oxygens (including phenoxy) is 2. The zero-order valence-electron chi connectivity index (χ0n) is 17.9. The lowest BCUT2D eigenvalue weighted by Crippen LogP contribution is -2.13. The van der Waals surface area contributed by atoms with Crippen molar-refractivity contribution in [1.82, 2.24) is 20.0 Å². The highest BCUT2D eigenvalue weighted by molar-refractivity contribution is 6.06. The highest BCUT2D eigenvalue weighted by atomic mass is 16.5. The van der Waals surface area contributed by atoms with Crippen molar-refractivity contribution >= 4 is 23.1 Å². The van der Waals surface area contributed by atoms with Gasteiger partial charge in [0.15, 0.2) is 23.1 Å². The second-order valence-corrected chi connectivity index (χ2v) is 6.88. The van der Waals surface area contributed by atoms with Gasteiger partial charge in [-0.2, -0.15) is 5.10 Å². The molecule has 2 N–H and O–H groups in total. The number of methoxy groups -OCH3 is 2. The Morgan fingerprint density at radius 1 is 0.906 bits per heavy atom. The molecule has 32 heavy (non-hydrogen) atoms. The Morgan fingerprint density at radius 2 is 1.69 bits per heavy atom. The molecule has 0 aliphatic carbocycles. The molecule has 2 heterocycles. The summed E-state index contributed by atoms with van der Waals surface area (Å²) in [6, 6.07) is 18.0. The lowest BCUT2D eigenvalue weighted by atomic mass is 10.1. The van der Waals surface area contributed by atoms with Crippen LogP contribution in [0.2, 0.25) is 0 Å². The lowest BCUT2D eigenvalue weighted by molar-refractivity contribution is 0.102. The molecule has 0 radical (unpaired) electrons. The van der Waals surface area contributed by atoms with Crippen molar-refractivity contribution in [3.8, 4) is 17.3 Å². The quantitative estimate of drug-likeness (QED) is 0.457. The van der Waals surface area contributed by atoms with Crippen LogP contribution in [-0.4, -0.2) is 40.1 Å². The zero-order valence-corrected chi connectivity index (χ0v) is 17.9. The van der Waals surface area contributed by atoms with Gasteiger partial charge in [0.1, 0.15) is 0 Å². The average molecular weight is 430 g/mol. The van der Waals surface area contributed by atoms with Gasteiger partial charge in [-0.05, 0) is 61.5 Å². The summed E-state index contributed by atoms with van der Waals surface area (Å²) in [6.45, 7) is 1.92. The number of hydrogen-bond acceptors (Lipinski definition) is 7. The first-order chi connectivity index (χ1) is 15.6. The monoisotopic (exact) mass is 430 g/mol. The van der Waals surface area contributed by atoms with Gasteiger partial charge in [0.2, 0.25) is 0 Å². The van der Waals surface area contributed by atoms with E-state index < -0.39 is 0 Å². The predicted octanol–water partition coefficient (Wildman–Crippen LogP) is 3.98. The first-order valence-electron chi connectivity index (χ1n) is 9.83. The Balaban J connectivity index is 1.42. The van der Waals surface area contributed by atoms with E-state index in [0.717, 1.165) is 11.4 Å². The van der Waals surface area contributed by atoms with Crippen LogP contribution < -0.4 is 20.1 Å². The molecule has 0 fully saturated rings. The predicted molar refractivity (Wildman–Crippen MR) is 121 cm³/mol. The number of nitrogens with one attached hydrogen (secondary N) is 2. The lowest BCUT2D eigenvalue weighted by Gasteiger charge is -2.13. The molecule has 9 nitrogen and oxygen atoms in total. The maximum atomic E-state index is 12.7. The molecule has 9 heteroatoms. The fraction of sp³-hybridized carbons (Fsp3) is 0.130. The molecule has 0 saturated carbocycles. The van der Waals surface area contributed by atoms with Gasteiger partial charge in [-0.15, -0.1) is 10.2 Å². The van der Waals surface area contributed by atoms with Crippen molar-refractivity contribution in [2.75, 3.05) is 24.9 Å². The number of benzene rings is 2. The molecule has 0 atom stereocenters. The summed E-state index contributed by atoms with van der Waals surface area (Å²) in [7, 11) is 3.03. The molecule has 4 aromatic rings. The Labute approximate surface area is 185 Å². The Hall–Kier alpha value is -4.40. The van der Waals surface area contributed by atoms with E-state index in [9.17, 15) is 4.79 Å². The van der Waals surface area contributed by atoms with Crippen molar-refractivity contribution in [3.05, 3.63) is 78.1 Å². The van der Waals surface area contributed by atoms with Crippen LogP contribution >= 0.6 is 0 Å². The highest BCUT2D eigenvalue weighted by Crippen LogP contribution is 2.31. The molecule has 0 aliphatic rings. The standard InChI is InChI=1S/C23H22N6O3/c1-15-13-14-29(28-15)21-12-11-20(26-27-21)24-16-7-9-17(10-8-16)25-23(30)18-5-4-6-19(31-2)22(18)32-3/h4-14H,1-3H3,(H,24,26)(H,25,30). The Bertz CT molecular complexity index is 1220. The van der Waals surface area contributed by atoms with E-state index in [2.05, 4.69) is 25.9 Å². The van der Waals surface area contributed by atoms with E-state index in [1.54, 1.807) is 35.0 Å². The van der Waals surface area contributed by atoms with Crippen molar-refractivity contribution in [2.45, 2.75) is 6.92 Å². The molecule has 0 bridgehead atoms. The number of aromatic nitrogens is 4. The van der Waals surface area contributed by atoms with Crippen LogP contribution in [0.15, 0.2) is 66.9 Å². The number of amides is 1. The normalized spacial score (nSPS) is 10.5. The summed E-state index contributed by atoms with van der Waals surface area (Å²) < 4.78 is 12.3. The largest absolute Gasteiger partial charge is 0.493 e. The van der Waals surface area contributed by atoms with E-state index in [-0.39, 0.29) is 5.91 Å². The van der Waals surface area contributed by atoms with Crippen LogP contribution in [0.3, 0.4) is 0 Å². The van der Waals surface area contributed by atoms with Gasteiger partial charge < -0.3 is 20.1 Å².